The number of unbranched alkanes of at least 4 members (excludes halogenated alkanes) is 5. The third-order valence-corrected chi connectivity index (χ3v) is 7.12. The fourth-order valence-electron chi connectivity index (χ4n) is 4.74. The van der Waals surface area contributed by atoms with Crippen molar-refractivity contribution < 1.29 is 24.5 Å². The number of rotatable bonds is 15. The summed E-state index contributed by atoms with van der Waals surface area (Å²) in [7, 11) is 0. The lowest BCUT2D eigenvalue weighted by atomic mass is 9.87. The van der Waals surface area contributed by atoms with Crippen LogP contribution >= 0.6 is 0 Å². The van der Waals surface area contributed by atoms with E-state index in [2.05, 4.69) is 32.9 Å². The summed E-state index contributed by atoms with van der Waals surface area (Å²) >= 11 is 0. The Morgan fingerprint density at radius 2 is 1.47 bits per heavy atom. The van der Waals surface area contributed by atoms with Crippen molar-refractivity contribution in [1.82, 2.24) is 0 Å². The Morgan fingerprint density at radius 3 is 2.13 bits per heavy atom. The third-order valence-electron chi connectivity index (χ3n) is 7.12. The van der Waals surface area contributed by atoms with Crippen molar-refractivity contribution >= 4 is 11.9 Å². The molecule has 5 heteroatoms. The van der Waals surface area contributed by atoms with Gasteiger partial charge in [0.15, 0.2) is 0 Å². The molecule has 0 radical (unpaired) electrons. The first-order chi connectivity index (χ1) is 18.3. The minimum Gasteiger partial charge on any atom is -0.494 e. The van der Waals surface area contributed by atoms with Crippen LogP contribution < -0.4 is 4.74 Å². The fraction of sp³-hybridized carbons (Fsp3) is 0.394. The second-order valence-corrected chi connectivity index (χ2v) is 10.1. The highest BCUT2D eigenvalue weighted by Gasteiger charge is 2.21. The van der Waals surface area contributed by atoms with Crippen LogP contribution in [0.2, 0.25) is 0 Å². The van der Waals surface area contributed by atoms with Crippen LogP contribution in [0.1, 0.15) is 92.0 Å². The minimum atomic E-state index is -1.25. The Balaban J connectivity index is 1.86. The average molecular weight is 517 g/mol. The van der Waals surface area contributed by atoms with Crippen LogP contribution in [0.15, 0.2) is 60.7 Å². The standard InChI is InChI=1S/C33H40O5/c1-4-6-7-8-9-10-20-38-27-17-14-24(15-18-27)28-19-16-25(22-26(28)21-23(3)5-2)29-12-11-13-30(32(34)35)31(29)33(36)37/h11-19,22-23H,4-10,20-21H2,1-3H3,(H,34,35)(H,36,37). The molecule has 0 aliphatic rings. The molecule has 0 heterocycles. The molecule has 202 valence electrons. The van der Waals surface area contributed by atoms with Crippen LogP contribution in [-0.2, 0) is 6.42 Å². The van der Waals surface area contributed by atoms with Gasteiger partial charge in [-0.25, -0.2) is 9.59 Å². The van der Waals surface area contributed by atoms with Crippen LogP contribution in [0, 0.1) is 5.92 Å². The molecule has 3 aromatic carbocycles. The lowest BCUT2D eigenvalue weighted by molar-refractivity contribution is 0.0652. The van der Waals surface area contributed by atoms with Crippen LogP contribution in [0.4, 0.5) is 0 Å². The van der Waals surface area contributed by atoms with Crippen molar-refractivity contribution in [2.75, 3.05) is 6.61 Å². The van der Waals surface area contributed by atoms with Crippen LogP contribution in [0.5, 0.6) is 5.75 Å². The molecule has 1 unspecified atom stereocenters. The van der Waals surface area contributed by atoms with Gasteiger partial charge in [0.1, 0.15) is 5.75 Å². The highest BCUT2D eigenvalue weighted by atomic mass is 16.5. The van der Waals surface area contributed by atoms with Gasteiger partial charge in [-0.1, -0.05) is 102 Å². The maximum Gasteiger partial charge on any atom is 0.337 e. The van der Waals surface area contributed by atoms with Gasteiger partial charge < -0.3 is 14.9 Å². The Labute approximate surface area is 226 Å². The van der Waals surface area contributed by atoms with Crippen molar-refractivity contribution in [3.63, 3.8) is 0 Å². The van der Waals surface area contributed by atoms with Crippen molar-refractivity contribution in [2.24, 2.45) is 5.92 Å². The summed E-state index contributed by atoms with van der Waals surface area (Å²) in [6.45, 7) is 7.30. The second-order valence-electron chi connectivity index (χ2n) is 10.1. The summed E-state index contributed by atoms with van der Waals surface area (Å²) in [5, 5.41) is 19.4. The molecule has 0 fully saturated rings. The summed E-state index contributed by atoms with van der Waals surface area (Å²) in [6, 6.07) is 18.7. The molecule has 0 aliphatic heterocycles. The lowest BCUT2D eigenvalue weighted by Gasteiger charge is -2.17. The number of hydrogen-bond donors (Lipinski definition) is 2. The maximum atomic E-state index is 12.0. The number of carboxylic acid groups (broad SMARTS) is 2. The Kier molecular flexibility index (Phi) is 11.0. The van der Waals surface area contributed by atoms with Gasteiger partial charge in [-0.05, 0) is 64.8 Å². The first kappa shape index (κ1) is 29.0. The number of hydrogen-bond acceptors (Lipinski definition) is 3. The van der Waals surface area contributed by atoms with E-state index in [1.807, 2.05) is 30.3 Å². The monoisotopic (exact) mass is 516 g/mol. The van der Waals surface area contributed by atoms with Crippen molar-refractivity contribution in [3.8, 4) is 28.0 Å². The Hall–Kier alpha value is -3.60. The van der Waals surface area contributed by atoms with E-state index in [1.54, 1.807) is 12.1 Å². The van der Waals surface area contributed by atoms with Crippen molar-refractivity contribution in [2.45, 2.75) is 72.1 Å². The average Bonchev–Trinajstić information content (AvgIpc) is 2.92. The van der Waals surface area contributed by atoms with E-state index >= 15 is 0 Å². The molecule has 3 aromatic rings. The largest absolute Gasteiger partial charge is 0.494 e. The summed E-state index contributed by atoms with van der Waals surface area (Å²) in [6.07, 6.45) is 9.23. The molecule has 1 atom stereocenters. The molecule has 3 rings (SSSR count). The van der Waals surface area contributed by atoms with Gasteiger partial charge in [-0.15, -0.1) is 0 Å². The topological polar surface area (TPSA) is 83.8 Å². The highest BCUT2D eigenvalue weighted by molar-refractivity contribution is 6.06. The van der Waals surface area contributed by atoms with E-state index in [0.29, 0.717) is 17.0 Å². The summed E-state index contributed by atoms with van der Waals surface area (Å²) in [4.78, 5) is 23.7. The van der Waals surface area contributed by atoms with Crippen molar-refractivity contribution in [3.05, 3.63) is 77.4 Å². The van der Waals surface area contributed by atoms with Crippen molar-refractivity contribution in [1.29, 1.82) is 0 Å². The molecule has 5 nitrogen and oxygen atoms in total. The highest BCUT2D eigenvalue weighted by Crippen LogP contribution is 2.34. The smallest absolute Gasteiger partial charge is 0.337 e. The normalized spacial score (nSPS) is 11.8. The predicted octanol–water partition coefficient (Wildman–Crippen LogP) is 8.74. The Bertz CT molecular complexity index is 1210. The first-order valence-electron chi connectivity index (χ1n) is 13.8. The molecule has 38 heavy (non-hydrogen) atoms. The fourth-order valence-corrected chi connectivity index (χ4v) is 4.74. The lowest BCUT2D eigenvalue weighted by Crippen LogP contribution is -2.10. The predicted molar refractivity (Wildman–Crippen MR) is 153 cm³/mol. The van der Waals surface area contributed by atoms with Gasteiger partial charge in [-0.3, -0.25) is 0 Å². The molecule has 0 saturated heterocycles. The van der Waals surface area contributed by atoms with Gasteiger partial charge in [0.25, 0.3) is 0 Å². The molecule has 0 aliphatic carbocycles. The Morgan fingerprint density at radius 1 is 0.789 bits per heavy atom. The zero-order chi connectivity index (χ0) is 27.5. The summed E-state index contributed by atoms with van der Waals surface area (Å²) < 4.78 is 5.96. The van der Waals surface area contributed by atoms with Crippen LogP contribution in [-0.4, -0.2) is 28.8 Å². The van der Waals surface area contributed by atoms with Crippen LogP contribution in [0.3, 0.4) is 0 Å². The molecule has 2 N–H and O–H groups in total. The van der Waals surface area contributed by atoms with Gasteiger partial charge in [0, 0.05) is 0 Å². The van der Waals surface area contributed by atoms with E-state index in [0.717, 1.165) is 48.3 Å². The zero-order valence-corrected chi connectivity index (χ0v) is 22.8. The minimum absolute atomic E-state index is 0.186. The third kappa shape index (κ3) is 7.70. The van der Waals surface area contributed by atoms with E-state index in [-0.39, 0.29) is 11.1 Å². The van der Waals surface area contributed by atoms with E-state index < -0.39 is 11.9 Å². The molecule has 0 aromatic heterocycles. The zero-order valence-electron chi connectivity index (χ0n) is 22.8. The quantitative estimate of drug-likeness (QED) is 0.197. The van der Waals surface area contributed by atoms with E-state index in [4.69, 9.17) is 4.74 Å². The number of benzene rings is 3. The molecule has 0 bridgehead atoms. The molecular formula is C33H40O5. The number of ether oxygens (including phenoxy) is 1. The summed E-state index contributed by atoms with van der Waals surface area (Å²) in [5.41, 5.74) is 3.98. The van der Waals surface area contributed by atoms with E-state index in [9.17, 15) is 19.8 Å². The summed E-state index contributed by atoms with van der Waals surface area (Å²) in [5.74, 6) is -1.20. The molecular weight excluding hydrogens is 476 g/mol. The first-order valence-corrected chi connectivity index (χ1v) is 13.8. The van der Waals surface area contributed by atoms with Gasteiger partial charge in [0.05, 0.1) is 17.7 Å². The van der Waals surface area contributed by atoms with Gasteiger partial charge in [0.2, 0.25) is 0 Å². The number of carboxylic acids is 2. The number of aromatic carboxylic acids is 2. The number of carbonyl (C=O) groups is 2. The molecule has 0 amide bonds. The molecule has 0 saturated carbocycles. The SMILES string of the molecule is CCCCCCCCOc1ccc(-c2ccc(-c3cccc(C(=O)O)c3C(=O)O)cc2CC(C)CC)cc1. The van der Waals surface area contributed by atoms with Crippen LogP contribution in [0.25, 0.3) is 22.3 Å². The second kappa shape index (κ2) is 14.4. The van der Waals surface area contributed by atoms with E-state index in [1.165, 1.54) is 38.2 Å². The maximum absolute atomic E-state index is 12.0. The molecule has 0 spiro atoms. The van der Waals surface area contributed by atoms with Gasteiger partial charge >= 0.3 is 11.9 Å². The van der Waals surface area contributed by atoms with Gasteiger partial charge in [-0.2, -0.15) is 0 Å².